The number of aromatic nitrogens is 1. The molecule has 0 spiro atoms. The highest BCUT2D eigenvalue weighted by atomic mass is 79.9. The first-order valence-corrected chi connectivity index (χ1v) is 7.44. The van der Waals surface area contributed by atoms with Crippen LogP contribution >= 0.6 is 15.9 Å². The molecule has 0 fully saturated rings. The maximum absolute atomic E-state index is 4.39. The minimum Gasteiger partial charge on any atom is -0.311 e. The Morgan fingerprint density at radius 1 is 1.12 bits per heavy atom. The lowest BCUT2D eigenvalue weighted by Crippen LogP contribution is -2.15. The molecule has 0 bridgehead atoms. The van der Waals surface area contributed by atoms with Crippen LogP contribution in [0.15, 0.2) is 22.8 Å². The maximum atomic E-state index is 4.39. The minimum absolute atomic E-state index is 0.869. The average Bonchev–Trinajstić information content (AvgIpc) is 2.33. The van der Waals surface area contributed by atoms with Crippen LogP contribution in [0.2, 0.25) is 0 Å². The van der Waals surface area contributed by atoms with Gasteiger partial charge >= 0.3 is 0 Å². The van der Waals surface area contributed by atoms with Crippen LogP contribution in [0.3, 0.4) is 0 Å². The Labute approximate surface area is 113 Å². The molecule has 2 nitrogen and oxygen atoms in total. The molecule has 0 aromatic carbocycles. The van der Waals surface area contributed by atoms with Gasteiger partial charge in [-0.15, -0.1) is 0 Å². The summed E-state index contributed by atoms with van der Waals surface area (Å²) in [4.78, 5) is 4.39. The van der Waals surface area contributed by atoms with Gasteiger partial charge in [0.25, 0.3) is 0 Å². The lowest BCUT2D eigenvalue weighted by molar-refractivity contribution is 0.569. The molecule has 17 heavy (non-hydrogen) atoms. The van der Waals surface area contributed by atoms with Gasteiger partial charge in [-0.3, -0.25) is 0 Å². The van der Waals surface area contributed by atoms with Gasteiger partial charge < -0.3 is 5.32 Å². The largest absolute Gasteiger partial charge is 0.311 e. The number of rotatable bonds is 9. The summed E-state index contributed by atoms with van der Waals surface area (Å²) >= 11 is 3.38. The number of halogens is 1. The van der Waals surface area contributed by atoms with Crippen molar-refractivity contribution >= 4 is 15.9 Å². The van der Waals surface area contributed by atoms with Gasteiger partial charge in [-0.25, -0.2) is 4.98 Å². The van der Waals surface area contributed by atoms with E-state index in [2.05, 4.69) is 39.2 Å². The number of hydrogen-bond acceptors (Lipinski definition) is 2. The highest BCUT2D eigenvalue weighted by molar-refractivity contribution is 9.10. The van der Waals surface area contributed by atoms with Crippen LogP contribution in [0.1, 0.15) is 51.1 Å². The van der Waals surface area contributed by atoms with E-state index in [9.17, 15) is 0 Å². The van der Waals surface area contributed by atoms with E-state index in [1.165, 1.54) is 38.5 Å². The summed E-state index contributed by atoms with van der Waals surface area (Å²) in [5, 5.41) is 3.44. The van der Waals surface area contributed by atoms with E-state index in [1.807, 2.05) is 12.1 Å². The fourth-order valence-electron chi connectivity index (χ4n) is 1.80. The molecule has 3 heteroatoms. The summed E-state index contributed by atoms with van der Waals surface area (Å²) < 4.78 is 0.913. The number of pyridine rings is 1. The van der Waals surface area contributed by atoms with Gasteiger partial charge in [-0.2, -0.15) is 0 Å². The third kappa shape index (κ3) is 7.50. The lowest BCUT2D eigenvalue weighted by Gasteiger charge is -2.04. The Balaban J connectivity index is 1.97. The van der Waals surface area contributed by atoms with Crippen LogP contribution in [0.5, 0.6) is 0 Å². The standard InChI is InChI=1S/C14H23BrN2/c1-2-3-4-5-6-7-11-16-12-13-9-8-10-14(15)17-13/h8-10,16H,2-7,11-12H2,1H3. The zero-order chi connectivity index (χ0) is 12.3. The maximum Gasteiger partial charge on any atom is 0.106 e. The topological polar surface area (TPSA) is 24.9 Å². The zero-order valence-corrected chi connectivity index (χ0v) is 12.3. The molecule has 1 N–H and O–H groups in total. The van der Waals surface area contributed by atoms with Gasteiger partial charge in [0, 0.05) is 6.54 Å². The minimum atomic E-state index is 0.869. The Bertz CT molecular complexity index is 302. The second-order valence-corrected chi connectivity index (χ2v) is 5.21. The van der Waals surface area contributed by atoms with Crippen LogP contribution in [0, 0.1) is 0 Å². The van der Waals surface area contributed by atoms with Crippen molar-refractivity contribution in [1.82, 2.24) is 10.3 Å². The summed E-state index contributed by atoms with van der Waals surface area (Å²) in [5.74, 6) is 0. The van der Waals surface area contributed by atoms with E-state index < -0.39 is 0 Å². The molecule has 1 aromatic rings. The highest BCUT2D eigenvalue weighted by Gasteiger charge is 1.95. The Kier molecular flexibility index (Phi) is 8.28. The first kappa shape index (κ1) is 14.7. The third-order valence-corrected chi connectivity index (χ3v) is 3.23. The molecule has 0 radical (unpaired) electrons. The van der Waals surface area contributed by atoms with Crippen molar-refractivity contribution < 1.29 is 0 Å². The van der Waals surface area contributed by atoms with Crippen molar-refractivity contribution in [2.24, 2.45) is 0 Å². The van der Waals surface area contributed by atoms with E-state index in [0.717, 1.165) is 23.4 Å². The highest BCUT2D eigenvalue weighted by Crippen LogP contribution is 2.06. The van der Waals surface area contributed by atoms with Crippen molar-refractivity contribution in [3.05, 3.63) is 28.5 Å². The Hall–Kier alpha value is -0.410. The van der Waals surface area contributed by atoms with Crippen molar-refractivity contribution in [2.75, 3.05) is 6.54 Å². The van der Waals surface area contributed by atoms with E-state index in [-0.39, 0.29) is 0 Å². The summed E-state index contributed by atoms with van der Waals surface area (Å²) in [6.07, 6.45) is 8.10. The van der Waals surface area contributed by atoms with Crippen LogP contribution in [-0.4, -0.2) is 11.5 Å². The van der Waals surface area contributed by atoms with Crippen LogP contribution in [0.25, 0.3) is 0 Å². The molecule has 1 heterocycles. The zero-order valence-electron chi connectivity index (χ0n) is 10.7. The molecule has 0 amide bonds. The van der Waals surface area contributed by atoms with Gasteiger partial charge in [-0.1, -0.05) is 45.1 Å². The third-order valence-electron chi connectivity index (χ3n) is 2.79. The first-order chi connectivity index (χ1) is 8.33. The van der Waals surface area contributed by atoms with E-state index in [4.69, 9.17) is 0 Å². The summed E-state index contributed by atoms with van der Waals surface area (Å²) in [7, 11) is 0. The van der Waals surface area contributed by atoms with E-state index in [1.54, 1.807) is 0 Å². The fraction of sp³-hybridized carbons (Fsp3) is 0.643. The van der Waals surface area contributed by atoms with Crippen molar-refractivity contribution in [1.29, 1.82) is 0 Å². The second-order valence-electron chi connectivity index (χ2n) is 4.40. The van der Waals surface area contributed by atoms with E-state index in [0.29, 0.717) is 0 Å². The fourth-order valence-corrected chi connectivity index (χ4v) is 2.18. The SMILES string of the molecule is CCCCCCCCNCc1cccc(Br)n1. The monoisotopic (exact) mass is 298 g/mol. The molecule has 0 saturated heterocycles. The molecule has 1 rings (SSSR count). The van der Waals surface area contributed by atoms with Gasteiger partial charge in [0.15, 0.2) is 0 Å². The van der Waals surface area contributed by atoms with Gasteiger partial charge in [0.05, 0.1) is 5.69 Å². The molecule has 0 aliphatic carbocycles. The van der Waals surface area contributed by atoms with Crippen molar-refractivity contribution in [3.63, 3.8) is 0 Å². The average molecular weight is 299 g/mol. The molecular formula is C14H23BrN2. The smallest absolute Gasteiger partial charge is 0.106 e. The number of unbranched alkanes of at least 4 members (excludes halogenated alkanes) is 5. The molecule has 0 unspecified atom stereocenters. The normalized spacial score (nSPS) is 10.7. The summed E-state index contributed by atoms with van der Waals surface area (Å²) in [6, 6.07) is 6.04. The quantitative estimate of drug-likeness (QED) is 0.543. The molecular weight excluding hydrogens is 276 g/mol. The van der Waals surface area contributed by atoms with Crippen molar-refractivity contribution in [2.45, 2.75) is 52.0 Å². The number of hydrogen-bond donors (Lipinski definition) is 1. The molecule has 0 aliphatic heterocycles. The van der Waals surface area contributed by atoms with Gasteiger partial charge in [0.1, 0.15) is 4.60 Å². The lowest BCUT2D eigenvalue weighted by atomic mass is 10.1. The second kappa shape index (κ2) is 9.60. The van der Waals surface area contributed by atoms with E-state index >= 15 is 0 Å². The van der Waals surface area contributed by atoms with Gasteiger partial charge in [0.2, 0.25) is 0 Å². The molecule has 0 saturated carbocycles. The number of nitrogens with zero attached hydrogens (tertiary/aromatic N) is 1. The van der Waals surface area contributed by atoms with Crippen LogP contribution in [0.4, 0.5) is 0 Å². The summed E-state index contributed by atoms with van der Waals surface area (Å²) in [5.41, 5.74) is 1.10. The predicted octanol–water partition coefficient (Wildman–Crippen LogP) is 4.29. The molecule has 1 aromatic heterocycles. The molecule has 0 atom stereocenters. The van der Waals surface area contributed by atoms with Crippen LogP contribution < -0.4 is 5.32 Å². The number of nitrogens with one attached hydrogen (secondary N) is 1. The Morgan fingerprint density at radius 2 is 1.88 bits per heavy atom. The predicted molar refractivity (Wildman–Crippen MR) is 77.0 cm³/mol. The van der Waals surface area contributed by atoms with Gasteiger partial charge in [-0.05, 0) is 41.0 Å². The van der Waals surface area contributed by atoms with Crippen LogP contribution in [-0.2, 0) is 6.54 Å². The molecule has 96 valence electrons. The molecule has 0 aliphatic rings. The summed E-state index contributed by atoms with van der Waals surface area (Å²) in [6.45, 7) is 4.22. The first-order valence-electron chi connectivity index (χ1n) is 6.65. The van der Waals surface area contributed by atoms with Crippen molar-refractivity contribution in [3.8, 4) is 0 Å². The Morgan fingerprint density at radius 3 is 2.65 bits per heavy atom.